The second-order valence-corrected chi connectivity index (χ2v) is 7.50. The van der Waals surface area contributed by atoms with Crippen molar-refractivity contribution < 1.29 is 9.53 Å². The van der Waals surface area contributed by atoms with Gasteiger partial charge < -0.3 is 15.4 Å². The Hall–Kier alpha value is -3.11. The minimum absolute atomic E-state index is 0.346. The van der Waals surface area contributed by atoms with Gasteiger partial charge in [-0.1, -0.05) is 66.7 Å². The molecule has 3 aromatic carbocycles. The van der Waals surface area contributed by atoms with Crippen molar-refractivity contribution >= 4 is 11.7 Å². The van der Waals surface area contributed by atoms with E-state index in [9.17, 15) is 4.79 Å². The molecule has 1 atom stereocenters. The molecular formula is C26H30N2O2. The number of hydrogen-bond donors (Lipinski definition) is 1. The van der Waals surface area contributed by atoms with Crippen molar-refractivity contribution in [3.8, 4) is 0 Å². The average molecular weight is 403 g/mol. The van der Waals surface area contributed by atoms with E-state index in [4.69, 9.17) is 10.5 Å². The van der Waals surface area contributed by atoms with Crippen LogP contribution in [-0.2, 0) is 29.0 Å². The van der Waals surface area contributed by atoms with Gasteiger partial charge in [0.15, 0.2) is 0 Å². The molecule has 30 heavy (non-hydrogen) atoms. The molecular weight excluding hydrogens is 372 g/mol. The van der Waals surface area contributed by atoms with Crippen LogP contribution < -0.4 is 10.6 Å². The van der Waals surface area contributed by atoms with Gasteiger partial charge in [0, 0.05) is 18.8 Å². The Bertz CT molecular complexity index is 900. The highest BCUT2D eigenvalue weighted by atomic mass is 16.5. The third-order valence-electron chi connectivity index (χ3n) is 5.15. The number of rotatable bonds is 9. The van der Waals surface area contributed by atoms with Gasteiger partial charge in [-0.2, -0.15) is 0 Å². The lowest BCUT2D eigenvalue weighted by Crippen LogP contribution is -2.34. The Kier molecular flexibility index (Phi) is 7.63. The Morgan fingerprint density at radius 1 is 0.933 bits per heavy atom. The number of anilines is 1. The van der Waals surface area contributed by atoms with E-state index in [2.05, 4.69) is 78.6 Å². The summed E-state index contributed by atoms with van der Waals surface area (Å²) in [7, 11) is 0. The standard InChI is InChI=1S/C26H30N2O2/c1-3-30-26(29)25(27)17-23-14-15-24(16-20(23)2)28(18-21-10-6-4-7-11-21)19-22-12-8-5-9-13-22/h4-16,25H,3,17-19,27H2,1-2H3. The van der Waals surface area contributed by atoms with Crippen molar-refractivity contribution in [1.29, 1.82) is 0 Å². The Morgan fingerprint density at radius 3 is 2.00 bits per heavy atom. The van der Waals surface area contributed by atoms with Crippen LogP contribution in [0.5, 0.6) is 0 Å². The van der Waals surface area contributed by atoms with E-state index >= 15 is 0 Å². The maximum absolute atomic E-state index is 11.9. The third-order valence-corrected chi connectivity index (χ3v) is 5.15. The predicted molar refractivity (Wildman–Crippen MR) is 122 cm³/mol. The summed E-state index contributed by atoms with van der Waals surface area (Å²) in [5, 5.41) is 0. The minimum atomic E-state index is -0.640. The molecule has 0 saturated carbocycles. The molecule has 4 nitrogen and oxygen atoms in total. The molecule has 0 saturated heterocycles. The zero-order valence-electron chi connectivity index (χ0n) is 17.8. The van der Waals surface area contributed by atoms with Crippen molar-refractivity contribution in [1.82, 2.24) is 0 Å². The van der Waals surface area contributed by atoms with Gasteiger partial charge >= 0.3 is 5.97 Å². The molecule has 0 fully saturated rings. The first-order valence-corrected chi connectivity index (χ1v) is 10.4. The number of hydrogen-bond acceptors (Lipinski definition) is 4. The summed E-state index contributed by atoms with van der Waals surface area (Å²) in [6.45, 7) is 5.84. The van der Waals surface area contributed by atoms with Crippen LogP contribution in [-0.4, -0.2) is 18.6 Å². The summed E-state index contributed by atoms with van der Waals surface area (Å²) in [5.74, 6) is -0.351. The maximum Gasteiger partial charge on any atom is 0.323 e. The van der Waals surface area contributed by atoms with Gasteiger partial charge in [-0.15, -0.1) is 0 Å². The van der Waals surface area contributed by atoms with Crippen molar-refractivity contribution in [2.24, 2.45) is 5.73 Å². The summed E-state index contributed by atoms with van der Waals surface area (Å²) >= 11 is 0. The zero-order valence-corrected chi connectivity index (χ0v) is 17.8. The molecule has 3 aromatic rings. The highest BCUT2D eigenvalue weighted by Gasteiger charge is 2.17. The third kappa shape index (κ3) is 5.94. The molecule has 0 spiro atoms. The fourth-order valence-corrected chi connectivity index (χ4v) is 3.52. The molecule has 0 aliphatic carbocycles. The summed E-state index contributed by atoms with van der Waals surface area (Å²) in [6.07, 6.45) is 0.475. The van der Waals surface area contributed by atoms with Gasteiger partial charge in [0.2, 0.25) is 0 Å². The zero-order chi connectivity index (χ0) is 21.3. The topological polar surface area (TPSA) is 55.6 Å². The van der Waals surface area contributed by atoms with Crippen molar-refractivity contribution in [2.45, 2.75) is 39.4 Å². The number of carbonyl (C=O) groups excluding carboxylic acids is 1. The van der Waals surface area contributed by atoms with Crippen molar-refractivity contribution in [3.63, 3.8) is 0 Å². The number of ether oxygens (including phenoxy) is 1. The van der Waals surface area contributed by atoms with Crippen molar-refractivity contribution in [2.75, 3.05) is 11.5 Å². The number of aryl methyl sites for hydroxylation is 1. The molecule has 0 heterocycles. The van der Waals surface area contributed by atoms with Crippen LogP contribution >= 0.6 is 0 Å². The van der Waals surface area contributed by atoms with Gasteiger partial charge in [0.05, 0.1) is 6.61 Å². The van der Waals surface area contributed by atoms with Crippen LogP contribution in [0, 0.1) is 6.92 Å². The molecule has 2 N–H and O–H groups in total. The molecule has 0 aliphatic heterocycles. The lowest BCUT2D eigenvalue weighted by atomic mass is 10.00. The van der Waals surface area contributed by atoms with Crippen molar-refractivity contribution in [3.05, 3.63) is 101 Å². The van der Waals surface area contributed by atoms with Crippen LogP contribution in [0.15, 0.2) is 78.9 Å². The monoisotopic (exact) mass is 402 g/mol. The van der Waals surface area contributed by atoms with E-state index in [1.807, 2.05) is 12.1 Å². The van der Waals surface area contributed by atoms with Gasteiger partial charge in [0.25, 0.3) is 0 Å². The summed E-state index contributed by atoms with van der Waals surface area (Å²) in [4.78, 5) is 14.3. The lowest BCUT2D eigenvalue weighted by molar-refractivity contribution is -0.144. The normalized spacial score (nSPS) is 11.7. The highest BCUT2D eigenvalue weighted by Crippen LogP contribution is 2.24. The van der Waals surface area contributed by atoms with Gasteiger partial charge in [-0.05, 0) is 54.7 Å². The molecule has 0 bridgehead atoms. The van der Waals surface area contributed by atoms with Crippen LogP contribution in [0.3, 0.4) is 0 Å². The van der Waals surface area contributed by atoms with E-state index in [0.717, 1.165) is 29.9 Å². The SMILES string of the molecule is CCOC(=O)C(N)Cc1ccc(N(Cc2ccccc2)Cc2ccccc2)cc1C. The summed E-state index contributed by atoms with van der Waals surface area (Å²) in [6, 6.07) is 26.7. The van der Waals surface area contributed by atoms with E-state index in [1.165, 1.54) is 11.1 Å². The number of nitrogens with zero attached hydrogens (tertiary/aromatic N) is 1. The Balaban J connectivity index is 1.82. The molecule has 156 valence electrons. The molecule has 0 radical (unpaired) electrons. The Morgan fingerprint density at radius 2 is 1.50 bits per heavy atom. The van der Waals surface area contributed by atoms with E-state index in [0.29, 0.717) is 13.0 Å². The first kappa shape index (κ1) is 21.6. The van der Waals surface area contributed by atoms with Crippen LogP contribution in [0.25, 0.3) is 0 Å². The Labute approximate surface area is 179 Å². The summed E-state index contributed by atoms with van der Waals surface area (Å²) in [5.41, 5.74) is 11.9. The molecule has 0 aromatic heterocycles. The lowest BCUT2D eigenvalue weighted by Gasteiger charge is -2.26. The average Bonchev–Trinajstić information content (AvgIpc) is 2.76. The van der Waals surface area contributed by atoms with Crippen LogP contribution in [0.4, 0.5) is 5.69 Å². The molecule has 0 aliphatic rings. The first-order chi connectivity index (χ1) is 14.6. The van der Waals surface area contributed by atoms with Crippen LogP contribution in [0.1, 0.15) is 29.2 Å². The summed E-state index contributed by atoms with van der Waals surface area (Å²) < 4.78 is 5.04. The number of carbonyl (C=O) groups is 1. The quantitative estimate of drug-likeness (QED) is 0.530. The number of esters is 1. The maximum atomic E-state index is 11.9. The first-order valence-electron chi connectivity index (χ1n) is 10.4. The smallest absolute Gasteiger partial charge is 0.323 e. The second kappa shape index (κ2) is 10.6. The second-order valence-electron chi connectivity index (χ2n) is 7.50. The number of nitrogens with two attached hydrogens (primary N) is 1. The predicted octanol–water partition coefficient (Wildman–Crippen LogP) is 4.63. The van der Waals surface area contributed by atoms with Gasteiger partial charge in [-0.25, -0.2) is 0 Å². The molecule has 3 rings (SSSR count). The molecule has 0 amide bonds. The fourth-order valence-electron chi connectivity index (χ4n) is 3.52. The highest BCUT2D eigenvalue weighted by molar-refractivity contribution is 5.76. The van der Waals surface area contributed by atoms with Gasteiger partial charge in [-0.3, -0.25) is 4.79 Å². The minimum Gasteiger partial charge on any atom is -0.465 e. The van der Waals surface area contributed by atoms with E-state index in [1.54, 1.807) is 6.92 Å². The molecule has 4 heteroatoms. The van der Waals surface area contributed by atoms with Crippen LogP contribution in [0.2, 0.25) is 0 Å². The van der Waals surface area contributed by atoms with Gasteiger partial charge in [0.1, 0.15) is 6.04 Å². The number of benzene rings is 3. The van der Waals surface area contributed by atoms with E-state index in [-0.39, 0.29) is 5.97 Å². The molecule has 1 unspecified atom stereocenters. The van der Waals surface area contributed by atoms with E-state index < -0.39 is 6.04 Å². The fraction of sp³-hybridized carbons (Fsp3) is 0.269. The largest absolute Gasteiger partial charge is 0.465 e.